The molecule has 10 nitrogen and oxygen atoms in total. The summed E-state index contributed by atoms with van der Waals surface area (Å²) in [5, 5.41) is 25.6. The van der Waals surface area contributed by atoms with E-state index >= 15 is 0 Å². The minimum absolute atomic E-state index is 0.0348. The number of likely N-dealkylation sites (tertiary alicyclic amines) is 1. The Morgan fingerprint density at radius 3 is 2.53 bits per heavy atom. The van der Waals surface area contributed by atoms with Crippen LogP contribution in [0.25, 0.3) is 0 Å². The Kier molecular flexibility index (Phi) is 8.07. The Bertz CT molecular complexity index is 920. The first kappa shape index (κ1) is 27.0. The van der Waals surface area contributed by atoms with Crippen molar-refractivity contribution in [1.82, 2.24) is 30.5 Å². The van der Waals surface area contributed by atoms with Crippen LogP contribution in [-0.4, -0.2) is 87.9 Å². The second-order valence-corrected chi connectivity index (χ2v) is 12.0. The minimum Gasteiger partial charge on any atom is -0.391 e. The zero-order valence-corrected chi connectivity index (χ0v) is 22.5. The summed E-state index contributed by atoms with van der Waals surface area (Å²) in [5.41, 5.74) is 0.402. The number of hydrogen-bond acceptors (Lipinski definition) is 7. The first-order chi connectivity index (χ1) is 17.1. The number of likely N-dealkylation sites (N-methyl/N-ethyl adjacent to an activating group) is 1. The highest BCUT2D eigenvalue weighted by Crippen LogP contribution is 2.40. The third kappa shape index (κ3) is 5.31. The van der Waals surface area contributed by atoms with Crippen molar-refractivity contribution in [3.05, 3.63) is 11.9 Å². The van der Waals surface area contributed by atoms with Crippen molar-refractivity contribution in [2.45, 2.75) is 108 Å². The van der Waals surface area contributed by atoms with Crippen molar-refractivity contribution < 1.29 is 19.4 Å². The van der Waals surface area contributed by atoms with E-state index in [2.05, 4.69) is 20.9 Å². The predicted octanol–water partition coefficient (Wildman–Crippen LogP) is 1.76. The monoisotopic (exact) mass is 504 g/mol. The van der Waals surface area contributed by atoms with E-state index in [4.69, 9.17) is 4.74 Å². The van der Waals surface area contributed by atoms with Gasteiger partial charge in [-0.15, -0.1) is 5.10 Å². The third-order valence-electron chi connectivity index (χ3n) is 8.47. The molecule has 2 aliphatic heterocycles. The van der Waals surface area contributed by atoms with Gasteiger partial charge in [-0.25, -0.2) is 4.68 Å². The number of methoxy groups -OCH3 is 1. The van der Waals surface area contributed by atoms with Gasteiger partial charge in [0.15, 0.2) is 0 Å². The number of nitrogens with one attached hydrogen (secondary N) is 2. The molecule has 0 aromatic carbocycles. The lowest BCUT2D eigenvalue weighted by Gasteiger charge is -2.46. The van der Waals surface area contributed by atoms with Crippen LogP contribution < -0.4 is 10.6 Å². The molecule has 36 heavy (non-hydrogen) atoms. The van der Waals surface area contributed by atoms with E-state index in [1.807, 2.05) is 27.0 Å². The van der Waals surface area contributed by atoms with Crippen LogP contribution in [0.5, 0.6) is 0 Å². The molecule has 1 aliphatic carbocycles. The van der Waals surface area contributed by atoms with Gasteiger partial charge in [0.05, 0.1) is 17.9 Å². The van der Waals surface area contributed by atoms with Crippen LogP contribution in [-0.2, 0) is 14.3 Å². The molecule has 1 aromatic heterocycles. The van der Waals surface area contributed by atoms with Crippen molar-refractivity contribution in [3.63, 3.8) is 0 Å². The molecule has 5 atom stereocenters. The fourth-order valence-corrected chi connectivity index (χ4v) is 6.53. The van der Waals surface area contributed by atoms with E-state index in [0.29, 0.717) is 0 Å². The van der Waals surface area contributed by atoms with Gasteiger partial charge in [-0.2, -0.15) is 0 Å². The highest BCUT2D eigenvalue weighted by molar-refractivity contribution is 5.90. The zero-order valence-electron chi connectivity index (χ0n) is 22.5. The summed E-state index contributed by atoms with van der Waals surface area (Å²) in [7, 11) is 3.35. The molecule has 2 saturated heterocycles. The number of rotatable bonds is 5. The lowest BCUT2D eigenvalue weighted by atomic mass is 9.76. The second kappa shape index (κ2) is 10.8. The topological polar surface area (TPSA) is 122 Å². The molecule has 3 fully saturated rings. The van der Waals surface area contributed by atoms with Crippen LogP contribution >= 0.6 is 0 Å². The largest absolute Gasteiger partial charge is 0.391 e. The zero-order chi connectivity index (χ0) is 26.1. The maximum Gasteiger partial charge on any atom is 0.248 e. The molecule has 202 valence electrons. The summed E-state index contributed by atoms with van der Waals surface area (Å²) >= 11 is 0. The Balaban J connectivity index is 1.55. The molecule has 3 heterocycles. The van der Waals surface area contributed by atoms with E-state index in [0.717, 1.165) is 31.5 Å². The first-order valence-corrected chi connectivity index (χ1v) is 13.5. The van der Waals surface area contributed by atoms with Gasteiger partial charge in [0, 0.05) is 51.3 Å². The number of hydrogen-bond donors (Lipinski definition) is 3. The molecule has 4 rings (SSSR count). The lowest BCUT2D eigenvalue weighted by molar-refractivity contribution is -0.144. The number of carbonyl (C=O) groups excluding carboxylic acids is 2. The molecule has 1 saturated carbocycles. The van der Waals surface area contributed by atoms with E-state index < -0.39 is 23.6 Å². The molecule has 1 spiro atoms. The van der Waals surface area contributed by atoms with E-state index in [-0.39, 0.29) is 42.3 Å². The summed E-state index contributed by atoms with van der Waals surface area (Å²) in [5.74, 6) is -0.350. The summed E-state index contributed by atoms with van der Waals surface area (Å²) in [6.45, 7) is 6.89. The van der Waals surface area contributed by atoms with Crippen molar-refractivity contribution in [1.29, 1.82) is 0 Å². The van der Waals surface area contributed by atoms with Gasteiger partial charge in [-0.3, -0.25) is 9.59 Å². The maximum absolute atomic E-state index is 13.8. The van der Waals surface area contributed by atoms with Crippen molar-refractivity contribution in [2.75, 3.05) is 27.2 Å². The molecule has 10 heteroatoms. The Hall–Kier alpha value is -2.04. The Morgan fingerprint density at radius 2 is 1.92 bits per heavy atom. The fourth-order valence-electron chi connectivity index (χ4n) is 6.53. The van der Waals surface area contributed by atoms with Gasteiger partial charge in [-0.05, 0) is 24.7 Å². The Morgan fingerprint density at radius 1 is 1.22 bits per heavy atom. The smallest absolute Gasteiger partial charge is 0.248 e. The van der Waals surface area contributed by atoms with E-state index in [1.54, 1.807) is 18.8 Å². The predicted molar refractivity (Wildman–Crippen MR) is 135 cm³/mol. The highest BCUT2D eigenvalue weighted by Gasteiger charge is 2.47. The van der Waals surface area contributed by atoms with Gasteiger partial charge in [0.25, 0.3) is 0 Å². The van der Waals surface area contributed by atoms with Crippen molar-refractivity contribution >= 4 is 11.8 Å². The van der Waals surface area contributed by atoms with Gasteiger partial charge in [0.1, 0.15) is 12.1 Å². The quantitative estimate of drug-likeness (QED) is 0.559. The molecule has 0 bridgehead atoms. The number of aliphatic hydroxyl groups is 1. The summed E-state index contributed by atoms with van der Waals surface area (Å²) in [6, 6.07) is -1.34. The third-order valence-corrected chi connectivity index (χ3v) is 8.47. The summed E-state index contributed by atoms with van der Waals surface area (Å²) < 4.78 is 7.67. The van der Waals surface area contributed by atoms with Crippen molar-refractivity contribution in [3.8, 4) is 0 Å². The molecule has 1 aromatic rings. The molecular formula is C26H44N6O4. The standard InChI is InChI=1S/C26H44N6O4/c1-25(2,3)22(24(35)31-15-18(33)13-20(31)23(34)27-4)32-16-19(29-30-32)17-12-21(36-5)26(28-14-17)10-8-6-7-9-11-26/h16-18,20-22,28,33H,6-15H2,1-5H3,(H,27,34)/t17?,18-,20+,21?,22-/m1/s1. The number of piperidine rings is 1. The number of ether oxygens (including phenoxy) is 1. The summed E-state index contributed by atoms with van der Waals surface area (Å²) in [4.78, 5) is 27.7. The Labute approximate surface area is 214 Å². The minimum atomic E-state index is -0.723. The molecule has 3 aliphatic rings. The molecule has 2 amide bonds. The average molecular weight is 505 g/mol. The van der Waals surface area contributed by atoms with Crippen LogP contribution in [0.3, 0.4) is 0 Å². The molecular weight excluding hydrogens is 460 g/mol. The lowest BCUT2D eigenvalue weighted by Crippen LogP contribution is -2.60. The number of aliphatic hydroxyl groups excluding tert-OH is 1. The van der Waals surface area contributed by atoms with Crippen LogP contribution in [0.1, 0.15) is 89.8 Å². The fraction of sp³-hybridized carbons (Fsp3) is 0.846. The van der Waals surface area contributed by atoms with Crippen LogP contribution in [0.4, 0.5) is 0 Å². The summed E-state index contributed by atoms with van der Waals surface area (Å²) in [6.07, 6.45) is 9.68. The van der Waals surface area contributed by atoms with Crippen LogP contribution in [0.2, 0.25) is 0 Å². The number of β-amino-alcohol motifs (C(OH)–C–C–N with tert-alkyl or cyclic N) is 1. The second-order valence-electron chi connectivity index (χ2n) is 12.0. The van der Waals surface area contributed by atoms with E-state index in [9.17, 15) is 14.7 Å². The van der Waals surface area contributed by atoms with Gasteiger partial charge < -0.3 is 25.4 Å². The first-order valence-electron chi connectivity index (χ1n) is 13.5. The van der Waals surface area contributed by atoms with Gasteiger partial charge in [-0.1, -0.05) is 51.7 Å². The van der Waals surface area contributed by atoms with Gasteiger partial charge in [0.2, 0.25) is 11.8 Å². The normalized spacial score (nSPS) is 29.7. The molecule has 3 N–H and O–H groups in total. The highest BCUT2D eigenvalue weighted by atomic mass is 16.5. The maximum atomic E-state index is 13.8. The van der Waals surface area contributed by atoms with Crippen LogP contribution in [0.15, 0.2) is 6.20 Å². The average Bonchev–Trinajstić information content (AvgIpc) is 3.40. The molecule has 2 unspecified atom stereocenters. The van der Waals surface area contributed by atoms with E-state index in [1.165, 1.54) is 30.6 Å². The SMILES string of the molecule is CNC(=O)[C@@H]1C[C@@H](O)CN1C(=O)[C@@H](n1cc(C2CNC3(CCCCCC3)C(OC)C2)nn1)C(C)(C)C. The number of aromatic nitrogens is 3. The number of nitrogens with zero attached hydrogens (tertiary/aromatic N) is 4. The van der Waals surface area contributed by atoms with Crippen LogP contribution in [0, 0.1) is 5.41 Å². The van der Waals surface area contributed by atoms with Gasteiger partial charge >= 0.3 is 0 Å². The van der Waals surface area contributed by atoms with Crippen molar-refractivity contribution in [2.24, 2.45) is 5.41 Å². The number of carbonyl (C=O) groups is 2. The number of amides is 2. The molecule has 0 radical (unpaired) electrons.